The molecule has 12 heteroatoms. The number of carbonyl (C=O) groups excluding carboxylic acids is 2. The van der Waals surface area contributed by atoms with Crippen LogP contribution in [0.2, 0.25) is 0 Å². The van der Waals surface area contributed by atoms with E-state index in [1.165, 1.54) is 11.8 Å². The number of esters is 1. The predicted molar refractivity (Wildman–Crippen MR) is 167 cm³/mol. The second-order valence-electron chi connectivity index (χ2n) is 14.3. The van der Waals surface area contributed by atoms with Gasteiger partial charge in [-0.15, -0.1) is 5.10 Å². The summed E-state index contributed by atoms with van der Waals surface area (Å²) in [5.41, 5.74) is 1.52. The van der Waals surface area contributed by atoms with Gasteiger partial charge in [0.1, 0.15) is 29.2 Å². The number of para-hydroxylation sites is 1. The van der Waals surface area contributed by atoms with Gasteiger partial charge in [0.05, 0.1) is 31.0 Å². The Morgan fingerprint density at radius 3 is 2.67 bits per heavy atom. The molecule has 7 rings (SSSR count). The SMILES string of the molecule is COc1c(CC(NC(=O)Cn2cc(-c3cccnc3)nn2)B2O[C@@H]3C[C@@H]4C[C@@H](C4(C)C)[C@]3(C)O2)cccc1C(=O)OC(C)(C)C. The summed E-state index contributed by atoms with van der Waals surface area (Å²) < 4.78 is 26.3. The molecule has 3 aromatic rings. The predicted octanol–water partition coefficient (Wildman–Crippen LogP) is 4.30. The highest BCUT2D eigenvalue weighted by Crippen LogP contribution is 2.65. The molecule has 1 N–H and O–H groups in total. The van der Waals surface area contributed by atoms with Crippen molar-refractivity contribution in [3.05, 3.63) is 60.0 Å². The molecule has 3 aliphatic carbocycles. The fourth-order valence-corrected chi connectivity index (χ4v) is 7.43. The number of pyridine rings is 1. The number of ether oxygens (including phenoxy) is 2. The molecule has 3 heterocycles. The first kappa shape index (κ1) is 31.2. The number of hydrogen-bond acceptors (Lipinski definition) is 9. The number of methoxy groups -OCH3 is 1. The van der Waals surface area contributed by atoms with Crippen LogP contribution in [0.25, 0.3) is 11.3 Å². The molecule has 1 saturated heterocycles. The van der Waals surface area contributed by atoms with E-state index in [-0.39, 0.29) is 24.0 Å². The molecule has 1 unspecified atom stereocenters. The van der Waals surface area contributed by atoms with E-state index >= 15 is 0 Å². The first-order valence-corrected chi connectivity index (χ1v) is 15.6. The first-order chi connectivity index (χ1) is 21.3. The highest BCUT2D eigenvalue weighted by Gasteiger charge is 2.68. The van der Waals surface area contributed by atoms with Crippen molar-refractivity contribution in [2.45, 2.75) is 90.6 Å². The Balaban J connectivity index is 1.26. The number of aromatic nitrogens is 4. The van der Waals surface area contributed by atoms with Crippen molar-refractivity contribution in [3.8, 4) is 17.0 Å². The van der Waals surface area contributed by atoms with Crippen LogP contribution in [-0.4, -0.2) is 69.3 Å². The molecule has 3 saturated carbocycles. The second-order valence-corrected chi connectivity index (χ2v) is 14.3. The van der Waals surface area contributed by atoms with E-state index in [1.807, 2.05) is 39.0 Å². The Morgan fingerprint density at radius 2 is 1.98 bits per heavy atom. The van der Waals surface area contributed by atoms with E-state index in [0.29, 0.717) is 35.3 Å². The molecular weight excluding hydrogens is 573 g/mol. The maximum Gasteiger partial charge on any atom is 0.482 e. The normalized spacial score (nSPS) is 25.6. The monoisotopic (exact) mass is 615 g/mol. The Labute approximate surface area is 264 Å². The van der Waals surface area contributed by atoms with Crippen molar-refractivity contribution in [2.75, 3.05) is 7.11 Å². The van der Waals surface area contributed by atoms with Crippen LogP contribution in [0.15, 0.2) is 48.9 Å². The van der Waals surface area contributed by atoms with Crippen LogP contribution in [0, 0.1) is 17.3 Å². The number of benzene rings is 1. The molecule has 4 fully saturated rings. The summed E-state index contributed by atoms with van der Waals surface area (Å²) in [7, 11) is 0.828. The molecule has 0 radical (unpaired) electrons. The molecule has 2 aromatic heterocycles. The highest BCUT2D eigenvalue weighted by molar-refractivity contribution is 6.48. The van der Waals surface area contributed by atoms with Gasteiger partial charge in [0, 0.05) is 18.0 Å². The fourth-order valence-electron chi connectivity index (χ4n) is 7.43. The van der Waals surface area contributed by atoms with Crippen LogP contribution < -0.4 is 10.1 Å². The molecule has 4 aliphatic rings. The van der Waals surface area contributed by atoms with E-state index in [2.05, 4.69) is 41.4 Å². The molecule has 2 bridgehead atoms. The van der Waals surface area contributed by atoms with Gasteiger partial charge >= 0.3 is 13.1 Å². The molecule has 11 nitrogen and oxygen atoms in total. The van der Waals surface area contributed by atoms with E-state index < -0.39 is 30.2 Å². The quantitative estimate of drug-likeness (QED) is 0.277. The van der Waals surface area contributed by atoms with Crippen molar-refractivity contribution in [1.29, 1.82) is 0 Å². The maximum atomic E-state index is 13.5. The number of rotatable bonds is 9. The van der Waals surface area contributed by atoms with Crippen molar-refractivity contribution in [1.82, 2.24) is 25.3 Å². The lowest BCUT2D eigenvalue weighted by Gasteiger charge is -2.64. The molecule has 45 heavy (non-hydrogen) atoms. The summed E-state index contributed by atoms with van der Waals surface area (Å²) in [6.07, 6.45) is 7.37. The Morgan fingerprint density at radius 1 is 1.18 bits per heavy atom. The summed E-state index contributed by atoms with van der Waals surface area (Å²) in [4.78, 5) is 30.8. The molecule has 1 amide bonds. The lowest BCUT2D eigenvalue weighted by Crippen LogP contribution is -2.65. The standard InChI is InChI=1S/C33H42BN5O6/c1-31(2,3)43-30(41)23-12-8-10-20(29(23)42-7)14-27(34-44-26-16-22-15-25(32(22,4)5)33(26,6)45-34)36-28(40)19-39-18-24(37-38-39)21-11-9-13-35-17-21/h8-13,17-18,22,25-27H,14-16,19H2,1-7H3,(H,36,40)/t22-,25-,26+,27?,33-/m0/s1. The number of nitrogens with zero attached hydrogens (tertiary/aromatic N) is 4. The smallest absolute Gasteiger partial charge is 0.482 e. The van der Waals surface area contributed by atoms with Crippen molar-refractivity contribution in [3.63, 3.8) is 0 Å². The number of carbonyl (C=O) groups is 2. The molecule has 0 spiro atoms. The Kier molecular flexibility index (Phi) is 8.01. The number of hydrogen-bond donors (Lipinski definition) is 1. The first-order valence-electron chi connectivity index (χ1n) is 15.6. The van der Waals surface area contributed by atoms with Crippen molar-refractivity contribution in [2.24, 2.45) is 17.3 Å². The van der Waals surface area contributed by atoms with Gasteiger partial charge in [-0.3, -0.25) is 9.78 Å². The largest absolute Gasteiger partial charge is 0.496 e. The second kappa shape index (κ2) is 11.5. The lowest BCUT2D eigenvalue weighted by atomic mass is 9.43. The van der Waals surface area contributed by atoms with Gasteiger partial charge in [-0.2, -0.15) is 0 Å². The van der Waals surface area contributed by atoms with Gasteiger partial charge in [-0.25, -0.2) is 9.48 Å². The topological polar surface area (TPSA) is 127 Å². The summed E-state index contributed by atoms with van der Waals surface area (Å²) in [6.45, 7) is 12.2. The van der Waals surface area contributed by atoms with Crippen molar-refractivity contribution >= 4 is 19.0 Å². The molecule has 5 atom stereocenters. The zero-order valence-electron chi connectivity index (χ0n) is 27.1. The summed E-state index contributed by atoms with van der Waals surface area (Å²) in [5.74, 6) is 0.00913. The van der Waals surface area contributed by atoms with Crippen LogP contribution in [0.5, 0.6) is 5.75 Å². The lowest BCUT2D eigenvalue weighted by molar-refractivity contribution is -0.199. The average molecular weight is 616 g/mol. The minimum Gasteiger partial charge on any atom is -0.496 e. The third-order valence-electron chi connectivity index (χ3n) is 9.80. The van der Waals surface area contributed by atoms with E-state index in [9.17, 15) is 9.59 Å². The third kappa shape index (κ3) is 5.97. The minimum atomic E-state index is -0.698. The van der Waals surface area contributed by atoms with Crippen molar-refractivity contribution < 1.29 is 28.4 Å². The highest BCUT2D eigenvalue weighted by atomic mass is 16.7. The summed E-state index contributed by atoms with van der Waals surface area (Å²) >= 11 is 0. The van der Waals surface area contributed by atoms with Crippen LogP contribution in [0.1, 0.15) is 70.3 Å². The van der Waals surface area contributed by atoms with Gasteiger partial charge in [-0.1, -0.05) is 31.2 Å². The Bertz CT molecular complexity index is 1570. The van der Waals surface area contributed by atoms with E-state index in [0.717, 1.165) is 24.0 Å². The van der Waals surface area contributed by atoms with E-state index in [4.69, 9.17) is 18.8 Å². The zero-order chi connectivity index (χ0) is 32.1. The molecule has 238 valence electrons. The molecular formula is C33H42BN5O6. The van der Waals surface area contributed by atoms with Crippen LogP contribution >= 0.6 is 0 Å². The van der Waals surface area contributed by atoms with Gasteiger partial charge in [0.15, 0.2) is 0 Å². The number of amides is 1. The fraction of sp³-hybridized carbons (Fsp3) is 0.545. The van der Waals surface area contributed by atoms with Gasteiger partial charge in [0.25, 0.3) is 0 Å². The summed E-state index contributed by atoms with van der Waals surface area (Å²) in [6, 6.07) is 9.06. The van der Waals surface area contributed by atoms with Crippen LogP contribution in [0.4, 0.5) is 0 Å². The molecule has 1 aliphatic heterocycles. The van der Waals surface area contributed by atoms with Crippen LogP contribution in [-0.2, 0) is 31.8 Å². The number of nitrogens with one attached hydrogen (secondary N) is 1. The summed E-state index contributed by atoms with van der Waals surface area (Å²) in [5, 5.41) is 11.5. The Hall–Kier alpha value is -3.77. The zero-order valence-corrected chi connectivity index (χ0v) is 27.1. The van der Waals surface area contributed by atoms with E-state index in [1.54, 1.807) is 30.7 Å². The average Bonchev–Trinajstić information content (AvgIpc) is 3.60. The van der Waals surface area contributed by atoms with Gasteiger partial charge < -0.3 is 24.1 Å². The molecule has 1 aromatic carbocycles. The maximum absolute atomic E-state index is 13.5. The third-order valence-corrected chi connectivity index (χ3v) is 9.80. The van der Waals surface area contributed by atoms with Gasteiger partial charge in [0.2, 0.25) is 5.91 Å². The minimum absolute atomic E-state index is 0.0516. The van der Waals surface area contributed by atoms with Crippen LogP contribution in [0.3, 0.4) is 0 Å². The van der Waals surface area contributed by atoms with Gasteiger partial charge in [-0.05, 0) is 88.0 Å².